The molecule has 4 rings (SSSR count). The number of rotatable bonds is 8. The average Bonchev–Trinajstić information content (AvgIpc) is 2.91. The zero-order valence-electron chi connectivity index (χ0n) is 20.3. The standard InChI is InChI=1S/C27H20N2O9S2/c30-25-10-7-21(39(33,34)35)12-19(25)15-28-23-9-6-18(27(32)17-4-2-1-3-5-17)14-24(23)29-16-20-13-22(40(36,37)38)8-11-26(20)31/h1-16,30-31H,(H,33,34,35)(H,36,37,38). The van der Waals surface area contributed by atoms with Crippen LogP contribution in [0, 0.1) is 0 Å². The van der Waals surface area contributed by atoms with Gasteiger partial charge in [0.05, 0.1) is 21.2 Å². The number of aliphatic imine (C=N–C) groups is 2. The molecule has 0 aliphatic heterocycles. The quantitative estimate of drug-likeness (QED) is 0.133. The van der Waals surface area contributed by atoms with E-state index in [1.165, 1.54) is 18.2 Å². The number of phenolic OH excluding ortho intramolecular Hbond substituents is 2. The molecule has 0 atom stereocenters. The van der Waals surface area contributed by atoms with Crippen LogP contribution in [0.15, 0.2) is 105 Å². The van der Waals surface area contributed by atoms with E-state index in [1.54, 1.807) is 30.3 Å². The fourth-order valence-electron chi connectivity index (χ4n) is 3.50. The first-order valence-electron chi connectivity index (χ1n) is 11.3. The molecular formula is C27H20N2O9S2. The predicted molar refractivity (Wildman–Crippen MR) is 147 cm³/mol. The molecule has 0 aliphatic rings. The number of nitrogens with zero attached hydrogens (tertiary/aromatic N) is 2. The Kier molecular flexibility index (Phi) is 7.93. The van der Waals surface area contributed by atoms with Gasteiger partial charge in [-0.3, -0.25) is 23.9 Å². The fraction of sp³-hybridized carbons (Fsp3) is 0. The highest BCUT2D eigenvalue weighted by molar-refractivity contribution is 7.86. The Bertz CT molecular complexity index is 1880. The molecule has 0 radical (unpaired) electrons. The number of benzene rings is 4. The van der Waals surface area contributed by atoms with Crippen molar-refractivity contribution in [3.05, 3.63) is 107 Å². The Morgan fingerprint density at radius 2 is 1.10 bits per heavy atom. The van der Waals surface area contributed by atoms with Crippen LogP contribution in [0.3, 0.4) is 0 Å². The average molecular weight is 581 g/mol. The molecule has 0 spiro atoms. The topological polar surface area (TPSA) is 191 Å². The first-order chi connectivity index (χ1) is 18.8. The third kappa shape index (κ3) is 6.65. The van der Waals surface area contributed by atoms with Crippen molar-refractivity contribution in [3.8, 4) is 11.5 Å². The largest absolute Gasteiger partial charge is 0.507 e. The van der Waals surface area contributed by atoms with Gasteiger partial charge < -0.3 is 10.2 Å². The van der Waals surface area contributed by atoms with Gasteiger partial charge in [-0.2, -0.15) is 16.8 Å². The minimum absolute atomic E-state index is 0.0482. The lowest BCUT2D eigenvalue weighted by molar-refractivity contribution is 0.103. The van der Waals surface area contributed by atoms with Crippen molar-refractivity contribution in [1.29, 1.82) is 0 Å². The second kappa shape index (κ2) is 11.2. The molecule has 11 nitrogen and oxygen atoms in total. The summed E-state index contributed by atoms with van der Waals surface area (Å²) in [6.45, 7) is 0. The Labute approximate surface area is 228 Å². The van der Waals surface area contributed by atoms with Crippen LogP contribution in [0.4, 0.5) is 11.4 Å². The van der Waals surface area contributed by atoms with Crippen molar-refractivity contribution in [2.75, 3.05) is 0 Å². The third-order valence-corrected chi connectivity index (χ3v) is 7.25. The second-order valence-electron chi connectivity index (χ2n) is 8.31. The molecule has 0 saturated carbocycles. The fourth-order valence-corrected chi connectivity index (χ4v) is 4.54. The summed E-state index contributed by atoms with van der Waals surface area (Å²) in [5, 5.41) is 20.3. The monoisotopic (exact) mass is 580 g/mol. The summed E-state index contributed by atoms with van der Waals surface area (Å²) in [4.78, 5) is 20.6. The van der Waals surface area contributed by atoms with Crippen molar-refractivity contribution >= 4 is 49.8 Å². The van der Waals surface area contributed by atoms with Gasteiger partial charge >= 0.3 is 0 Å². The molecular weight excluding hydrogens is 560 g/mol. The Morgan fingerprint density at radius 3 is 1.60 bits per heavy atom. The maximum absolute atomic E-state index is 13.0. The van der Waals surface area contributed by atoms with Crippen LogP contribution >= 0.6 is 0 Å². The van der Waals surface area contributed by atoms with E-state index in [9.17, 15) is 40.9 Å². The highest BCUT2D eigenvalue weighted by atomic mass is 32.2. The van der Waals surface area contributed by atoms with Gasteiger partial charge in [0.25, 0.3) is 20.2 Å². The van der Waals surface area contributed by atoms with Gasteiger partial charge in [-0.25, -0.2) is 0 Å². The minimum Gasteiger partial charge on any atom is -0.507 e. The van der Waals surface area contributed by atoms with E-state index in [0.29, 0.717) is 5.56 Å². The predicted octanol–water partition coefficient (Wildman–Crippen LogP) is 4.32. The number of carbonyl (C=O) groups excluding carboxylic acids is 1. The van der Waals surface area contributed by atoms with Crippen molar-refractivity contribution in [1.82, 2.24) is 0 Å². The van der Waals surface area contributed by atoms with E-state index in [1.807, 2.05) is 0 Å². The van der Waals surface area contributed by atoms with Gasteiger partial charge in [0, 0.05) is 34.7 Å². The van der Waals surface area contributed by atoms with Crippen LogP contribution in [0.1, 0.15) is 27.0 Å². The molecule has 204 valence electrons. The summed E-state index contributed by atoms with van der Waals surface area (Å²) in [6.07, 6.45) is 2.22. The Hall–Kier alpha value is -4.69. The summed E-state index contributed by atoms with van der Waals surface area (Å²) in [6, 6.07) is 18.9. The molecule has 4 aromatic rings. The highest BCUT2D eigenvalue weighted by Crippen LogP contribution is 2.31. The van der Waals surface area contributed by atoms with E-state index < -0.39 is 30.0 Å². The maximum atomic E-state index is 13.0. The van der Waals surface area contributed by atoms with E-state index in [2.05, 4.69) is 9.98 Å². The Balaban J connectivity index is 1.81. The van der Waals surface area contributed by atoms with Crippen molar-refractivity contribution < 1.29 is 40.9 Å². The lowest BCUT2D eigenvalue weighted by Gasteiger charge is -2.07. The lowest BCUT2D eigenvalue weighted by atomic mass is 10.0. The molecule has 0 bridgehead atoms. The number of carbonyl (C=O) groups is 1. The van der Waals surface area contributed by atoms with Crippen molar-refractivity contribution in [3.63, 3.8) is 0 Å². The summed E-state index contributed by atoms with van der Waals surface area (Å²) in [5.74, 6) is -1.00. The normalized spacial score (nSPS) is 12.2. The molecule has 4 aromatic carbocycles. The third-order valence-electron chi connectivity index (χ3n) is 5.55. The number of hydrogen-bond acceptors (Lipinski definition) is 9. The van der Waals surface area contributed by atoms with Crippen LogP contribution in [-0.2, 0) is 20.2 Å². The molecule has 0 aromatic heterocycles. The molecule has 4 N–H and O–H groups in total. The highest BCUT2D eigenvalue weighted by Gasteiger charge is 2.15. The number of aromatic hydroxyl groups is 2. The van der Waals surface area contributed by atoms with Crippen molar-refractivity contribution in [2.24, 2.45) is 9.98 Å². The van der Waals surface area contributed by atoms with E-state index in [4.69, 9.17) is 0 Å². The maximum Gasteiger partial charge on any atom is 0.294 e. The molecule has 0 amide bonds. The van der Waals surface area contributed by atoms with Gasteiger partial charge in [-0.1, -0.05) is 30.3 Å². The minimum atomic E-state index is -4.56. The zero-order valence-corrected chi connectivity index (χ0v) is 21.9. The number of phenols is 2. The summed E-state index contributed by atoms with van der Waals surface area (Å²) in [7, 11) is -9.11. The van der Waals surface area contributed by atoms with Crippen LogP contribution < -0.4 is 0 Å². The molecule has 13 heteroatoms. The first-order valence-corrected chi connectivity index (χ1v) is 14.1. The van der Waals surface area contributed by atoms with Crippen molar-refractivity contribution in [2.45, 2.75) is 9.79 Å². The van der Waals surface area contributed by atoms with Gasteiger partial charge in [0.1, 0.15) is 11.5 Å². The van der Waals surface area contributed by atoms with Gasteiger partial charge in [0.2, 0.25) is 0 Å². The molecule has 0 fully saturated rings. The van der Waals surface area contributed by atoms with Crippen LogP contribution in [-0.4, -0.2) is 54.4 Å². The van der Waals surface area contributed by atoms with Crippen LogP contribution in [0.5, 0.6) is 11.5 Å². The molecule has 0 aliphatic carbocycles. The summed E-state index contributed by atoms with van der Waals surface area (Å²) in [5.41, 5.74) is 0.739. The summed E-state index contributed by atoms with van der Waals surface area (Å²) >= 11 is 0. The second-order valence-corrected chi connectivity index (χ2v) is 11.1. The molecule has 0 saturated heterocycles. The van der Waals surface area contributed by atoms with E-state index in [0.717, 1.165) is 48.8 Å². The number of hydrogen-bond donors (Lipinski definition) is 4. The number of ketones is 1. The smallest absolute Gasteiger partial charge is 0.294 e. The summed E-state index contributed by atoms with van der Waals surface area (Å²) < 4.78 is 64.6. The first kappa shape index (κ1) is 28.3. The lowest BCUT2D eigenvalue weighted by Crippen LogP contribution is -2.00. The SMILES string of the molecule is O=C(c1ccccc1)c1ccc(N=Cc2cc(S(=O)(=O)O)ccc2O)c(N=Cc2cc(S(=O)(=O)O)ccc2O)c1. The zero-order chi connectivity index (χ0) is 29.1. The van der Waals surface area contributed by atoms with Crippen LogP contribution in [0.2, 0.25) is 0 Å². The molecule has 0 heterocycles. The van der Waals surface area contributed by atoms with Gasteiger partial charge in [-0.05, 0) is 54.6 Å². The van der Waals surface area contributed by atoms with E-state index in [-0.39, 0.29) is 45.3 Å². The Morgan fingerprint density at radius 1 is 0.600 bits per heavy atom. The van der Waals surface area contributed by atoms with Gasteiger partial charge in [0.15, 0.2) is 5.78 Å². The van der Waals surface area contributed by atoms with Gasteiger partial charge in [-0.15, -0.1) is 0 Å². The molecule has 0 unspecified atom stereocenters. The van der Waals surface area contributed by atoms with E-state index >= 15 is 0 Å². The molecule has 40 heavy (non-hydrogen) atoms. The van der Waals surface area contributed by atoms with Crippen LogP contribution in [0.25, 0.3) is 0 Å².